The molecular formula is C13H13Cl2N3O. The van der Waals surface area contributed by atoms with Crippen molar-refractivity contribution in [1.82, 2.24) is 10.3 Å². The highest BCUT2D eigenvalue weighted by atomic mass is 35.5. The average Bonchev–Trinajstić information content (AvgIpc) is 2.40. The summed E-state index contributed by atoms with van der Waals surface area (Å²) in [5.74, 6) is 0.838. The van der Waals surface area contributed by atoms with Gasteiger partial charge in [0.15, 0.2) is 0 Å². The van der Waals surface area contributed by atoms with Crippen molar-refractivity contribution in [1.29, 1.82) is 0 Å². The molecule has 2 N–H and O–H groups in total. The molecule has 0 atom stereocenters. The SMILES string of the molecule is CCNC(=O)Nc1cc2c(Cl)ccc(CCl)c2cn1. The molecule has 0 fully saturated rings. The van der Waals surface area contributed by atoms with Crippen molar-refractivity contribution >= 4 is 45.8 Å². The number of fused-ring (bicyclic) bond motifs is 1. The number of rotatable bonds is 3. The van der Waals surface area contributed by atoms with Crippen LogP contribution in [0.15, 0.2) is 24.4 Å². The van der Waals surface area contributed by atoms with E-state index >= 15 is 0 Å². The summed E-state index contributed by atoms with van der Waals surface area (Å²) < 4.78 is 0. The molecular weight excluding hydrogens is 285 g/mol. The van der Waals surface area contributed by atoms with Crippen LogP contribution < -0.4 is 10.6 Å². The molecule has 2 amide bonds. The topological polar surface area (TPSA) is 54.0 Å². The molecule has 100 valence electrons. The lowest BCUT2D eigenvalue weighted by Gasteiger charge is -2.09. The number of nitrogens with one attached hydrogen (secondary N) is 2. The number of anilines is 1. The fourth-order valence-electron chi connectivity index (χ4n) is 1.77. The summed E-state index contributed by atoms with van der Waals surface area (Å²) in [5.41, 5.74) is 0.957. The maximum atomic E-state index is 11.4. The van der Waals surface area contributed by atoms with Crippen molar-refractivity contribution in [3.63, 3.8) is 0 Å². The van der Waals surface area contributed by atoms with Crippen molar-refractivity contribution in [3.8, 4) is 0 Å². The highest BCUT2D eigenvalue weighted by molar-refractivity contribution is 6.35. The zero-order valence-electron chi connectivity index (χ0n) is 10.3. The lowest BCUT2D eigenvalue weighted by molar-refractivity contribution is 0.252. The summed E-state index contributed by atoms with van der Waals surface area (Å²) in [6.45, 7) is 2.40. The van der Waals surface area contributed by atoms with Gasteiger partial charge in [0.05, 0.1) is 0 Å². The monoisotopic (exact) mass is 297 g/mol. The first kappa shape index (κ1) is 13.9. The van der Waals surface area contributed by atoms with E-state index < -0.39 is 0 Å². The fourth-order valence-corrected chi connectivity index (χ4v) is 2.22. The summed E-state index contributed by atoms with van der Waals surface area (Å²) in [6, 6.07) is 5.11. The van der Waals surface area contributed by atoms with Gasteiger partial charge >= 0.3 is 6.03 Å². The maximum absolute atomic E-state index is 11.4. The Morgan fingerprint density at radius 3 is 2.84 bits per heavy atom. The van der Waals surface area contributed by atoms with E-state index in [1.807, 2.05) is 13.0 Å². The number of nitrogens with zero attached hydrogens (tertiary/aromatic N) is 1. The Labute approximate surface area is 121 Å². The molecule has 0 radical (unpaired) electrons. The largest absolute Gasteiger partial charge is 0.338 e. The van der Waals surface area contributed by atoms with Gasteiger partial charge in [-0.3, -0.25) is 5.32 Å². The first-order chi connectivity index (χ1) is 9.15. The number of halogens is 2. The molecule has 6 heteroatoms. The van der Waals surface area contributed by atoms with Crippen LogP contribution in [0.1, 0.15) is 12.5 Å². The average molecular weight is 298 g/mol. The summed E-state index contributed by atoms with van der Waals surface area (Å²) >= 11 is 12.0. The molecule has 2 aromatic rings. The van der Waals surface area contributed by atoms with E-state index in [0.29, 0.717) is 23.3 Å². The van der Waals surface area contributed by atoms with Crippen LogP contribution in [0.3, 0.4) is 0 Å². The van der Waals surface area contributed by atoms with E-state index in [1.165, 1.54) is 0 Å². The van der Waals surface area contributed by atoms with E-state index in [2.05, 4.69) is 15.6 Å². The number of carbonyl (C=O) groups is 1. The summed E-state index contributed by atoms with van der Waals surface area (Å²) in [5, 5.41) is 7.60. The molecule has 1 heterocycles. The summed E-state index contributed by atoms with van der Waals surface area (Å²) in [6.07, 6.45) is 1.67. The van der Waals surface area contributed by atoms with E-state index in [4.69, 9.17) is 23.2 Å². The van der Waals surface area contributed by atoms with Gasteiger partial charge in [-0.25, -0.2) is 9.78 Å². The van der Waals surface area contributed by atoms with Gasteiger partial charge in [-0.1, -0.05) is 17.7 Å². The number of carbonyl (C=O) groups excluding carboxylic acids is 1. The van der Waals surface area contributed by atoms with Crippen LogP contribution in [0.25, 0.3) is 10.8 Å². The predicted octanol–water partition coefficient (Wildman–Crippen LogP) is 3.77. The van der Waals surface area contributed by atoms with Crippen LogP contribution in [0.2, 0.25) is 5.02 Å². The Hall–Kier alpha value is -1.52. The second-order valence-corrected chi connectivity index (χ2v) is 4.61. The van der Waals surface area contributed by atoms with E-state index in [1.54, 1.807) is 18.3 Å². The van der Waals surface area contributed by atoms with Crippen molar-refractivity contribution in [2.24, 2.45) is 0 Å². The third-order valence-electron chi connectivity index (χ3n) is 2.66. The van der Waals surface area contributed by atoms with Gasteiger partial charge in [0.2, 0.25) is 0 Å². The minimum atomic E-state index is -0.293. The molecule has 0 aliphatic heterocycles. The van der Waals surface area contributed by atoms with Crippen LogP contribution in [0.5, 0.6) is 0 Å². The zero-order chi connectivity index (χ0) is 13.8. The number of pyridine rings is 1. The van der Waals surface area contributed by atoms with Gasteiger partial charge in [-0.15, -0.1) is 11.6 Å². The molecule has 0 saturated carbocycles. The van der Waals surface area contributed by atoms with Gasteiger partial charge in [0.1, 0.15) is 5.82 Å². The lowest BCUT2D eigenvalue weighted by Crippen LogP contribution is -2.28. The highest BCUT2D eigenvalue weighted by Gasteiger charge is 2.08. The molecule has 0 aliphatic rings. The van der Waals surface area contributed by atoms with Gasteiger partial charge in [0, 0.05) is 34.4 Å². The first-order valence-electron chi connectivity index (χ1n) is 5.83. The zero-order valence-corrected chi connectivity index (χ0v) is 11.8. The van der Waals surface area contributed by atoms with E-state index in [-0.39, 0.29) is 6.03 Å². The van der Waals surface area contributed by atoms with Crippen LogP contribution in [-0.4, -0.2) is 17.6 Å². The number of hydrogen-bond acceptors (Lipinski definition) is 2. The van der Waals surface area contributed by atoms with Crippen LogP contribution in [0, 0.1) is 0 Å². The second kappa shape index (κ2) is 6.08. The van der Waals surface area contributed by atoms with E-state index in [9.17, 15) is 4.79 Å². The number of benzene rings is 1. The van der Waals surface area contributed by atoms with Gasteiger partial charge in [0.25, 0.3) is 0 Å². The number of amides is 2. The van der Waals surface area contributed by atoms with E-state index in [0.717, 1.165) is 16.3 Å². The third-order valence-corrected chi connectivity index (χ3v) is 3.28. The van der Waals surface area contributed by atoms with Crippen molar-refractivity contribution in [3.05, 3.63) is 35.0 Å². The Morgan fingerprint density at radius 1 is 1.37 bits per heavy atom. The van der Waals surface area contributed by atoms with Crippen molar-refractivity contribution in [2.45, 2.75) is 12.8 Å². The van der Waals surface area contributed by atoms with Crippen LogP contribution in [0.4, 0.5) is 10.6 Å². The lowest BCUT2D eigenvalue weighted by atomic mass is 10.1. The minimum Gasteiger partial charge on any atom is -0.338 e. The Bertz CT molecular complexity index is 616. The van der Waals surface area contributed by atoms with Crippen LogP contribution >= 0.6 is 23.2 Å². The molecule has 1 aromatic carbocycles. The van der Waals surface area contributed by atoms with Gasteiger partial charge < -0.3 is 5.32 Å². The van der Waals surface area contributed by atoms with Gasteiger partial charge in [-0.2, -0.15) is 0 Å². The molecule has 19 heavy (non-hydrogen) atoms. The molecule has 0 aliphatic carbocycles. The molecule has 0 bridgehead atoms. The Morgan fingerprint density at radius 2 is 2.16 bits per heavy atom. The number of urea groups is 1. The second-order valence-electron chi connectivity index (χ2n) is 3.94. The molecule has 0 unspecified atom stereocenters. The molecule has 2 rings (SSSR count). The molecule has 1 aromatic heterocycles. The normalized spacial score (nSPS) is 10.5. The standard InChI is InChI=1S/C13H13Cl2N3O/c1-2-16-13(19)18-12-5-9-10(7-17-12)8(6-14)3-4-11(9)15/h3-5,7H,2,6H2,1H3,(H2,16,17,18,19). The molecule has 0 spiro atoms. The third kappa shape index (κ3) is 3.08. The van der Waals surface area contributed by atoms with Gasteiger partial charge in [-0.05, 0) is 24.6 Å². The van der Waals surface area contributed by atoms with Crippen molar-refractivity contribution in [2.75, 3.05) is 11.9 Å². The quantitative estimate of drug-likeness (QED) is 0.847. The summed E-state index contributed by atoms with van der Waals surface area (Å²) in [4.78, 5) is 15.6. The smallest absolute Gasteiger partial charge is 0.320 e. The van der Waals surface area contributed by atoms with Crippen molar-refractivity contribution < 1.29 is 4.79 Å². The highest BCUT2D eigenvalue weighted by Crippen LogP contribution is 2.28. The first-order valence-corrected chi connectivity index (χ1v) is 6.75. The van der Waals surface area contributed by atoms with Crippen LogP contribution in [-0.2, 0) is 5.88 Å². The fraction of sp³-hybridized carbons (Fsp3) is 0.231. The molecule has 4 nitrogen and oxygen atoms in total. The minimum absolute atomic E-state index is 0.293. The summed E-state index contributed by atoms with van der Waals surface area (Å²) in [7, 11) is 0. The predicted molar refractivity (Wildman–Crippen MR) is 79.0 cm³/mol. The number of aromatic nitrogens is 1. The number of hydrogen-bond donors (Lipinski definition) is 2. The Balaban J connectivity index is 2.40. The maximum Gasteiger partial charge on any atom is 0.320 e. The Kier molecular flexibility index (Phi) is 4.45. The molecule has 0 saturated heterocycles. The number of alkyl halides is 1.